The standard InChI is InChI=1S/C14H27N3OS/c1-4-6-7-8-9-12(3)18-11-13-14(15-10-5-2)19-17-16-13/h12,15H,4-11H2,1-3H3. The van der Waals surface area contributed by atoms with E-state index in [1.54, 1.807) is 0 Å². The quantitative estimate of drug-likeness (QED) is 0.618. The van der Waals surface area contributed by atoms with E-state index >= 15 is 0 Å². The van der Waals surface area contributed by atoms with E-state index in [1.165, 1.54) is 37.2 Å². The molecule has 0 saturated heterocycles. The van der Waals surface area contributed by atoms with E-state index in [0.29, 0.717) is 12.7 Å². The molecule has 1 atom stereocenters. The van der Waals surface area contributed by atoms with Crippen molar-refractivity contribution in [3.63, 3.8) is 0 Å². The van der Waals surface area contributed by atoms with Crippen molar-refractivity contribution < 1.29 is 4.74 Å². The van der Waals surface area contributed by atoms with Gasteiger partial charge in [-0.05, 0) is 19.8 Å². The fourth-order valence-corrected chi connectivity index (χ4v) is 2.43. The predicted molar refractivity (Wildman–Crippen MR) is 81.7 cm³/mol. The Kier molecular flexibility index (Phi) is 8.75. The van der Waals surface area contributed by atoms with Gasteiger partial charge in [0.05, 0.1) is 12.7 Å². The lowest BCUT2D eigenvalue weighted by molar-refractivity contribution is 0.0443. The molecule has 0 spiro atoms. The summed E-state index contributed by atoms with van der Waals surface area (Å²) < 4.78 is 9.84. The highest BCUT2D eigenvalue weighted by molar-refractivity contribution is 7.10. The lowest BCUT2D eigenvalue weighted by Crippen LogP contribution is -2.09. The Balaban J connectivity index is 2.22. The third kappa shape index (κ3) is 6.87. The van der Waals surface area contributed by atoms with Crippen LogP contribution in [-0.4, -0.2) is 22.2 Å². The average Bonchev–Trinajstić information content (AvgIpc) is 2.86. The second kappa shape index (κ2) is 10.1. The van der Waals surface area contributed by atoms with Crippen molar-refractivity contribution in [1.29, 1.82) is 0 Å². The summed E-state index contributed by atoms with van der Waals surface area (Å²) in [6.45, 7) is 8.06. The third-order valence-electron chi connectivity index (χ3n) is 3.06. The monoisotopic (exact) mass is 285 g/mol. The predicted octanol–water partition coefficient (Wildman–Crippen LogP) is 4.24. The number of rotatable bonds is 11. The van der Waals surface area contributed by atoms with Gasteiger partial charge in [-0.15, -0.1) is 5.10 Å². The van der Waals surface area contributed by atoms with Gasteiger partial charge in [0.15, 0.2) is 0 Å². The minimum atomic E-state index is 0.303. The van der Waals surface area contributed by atoms with Gasteiger partial charge in [-0.25, -0.2) is 0 Å². The minimum absolute atomic E-state index is 0.303. The van der Waals surface area contributed by atoms with E-state index in [1.807, 2.05) is 0 Å². The molecule has 1 heterocycles. The van der Waals surface area contributed by atoms with E-state index in [9.17, 15) is 0 Å². The molecule has 0 bridgehead atoms. The van der Waals surface area contributed by atoms with Crippen LogP contribution in [0, 0.1) is 0 Å². The molecule has 1 rings (SSSR count). The topological polar surface area (TPSA) is 47.0 Å². The summed E-state index contributed by atoms with van der Waals surface area (Å²) in [6, 6.07) is 0. The molecule has 0 aliphatic carbocycles. The van der Waals surface area contributed by atoms with Crippen molar-refractivity contribution in [1.82, 2.24) is 9.59 Å². The molecule has 0 radical (unpaired) electrons. The van der Waals surface area contributed by atoms with Gasteiger partial charge < -0.3 is 10.1 Å². The summed E-state index contributed by atoms with van der Waals surface area (Å²) in [7, 11) is 0. The van der Waals surface area contributed by atoms with Gasteiger partial charge in [0.2, 0.25) is 0 Å². The Morgan fingerprint density at radius 2 is 2.05 bits per heavy atom. The Morgan fingerprint density at radius 1 is 1.21 bits per heavy atom. The van der Waals surface area contributed by atoms with Gasteiger partial charge in [0.25, 0.3) is 0 Å². The zero-order chi connectivity index (χ0) is 13.9. The number of nitrogens with zero attached hydrogens (tertiary/aromatic N) is 2. The second-order valence-electron chi connectivity index (χ2n) is 4.95. The Hall–Kier alpha value is -0.680. The summed E-state index contributed by atoms with van der Waals surface area (Å²) in [6.07, 6.45) is 7.72. The zero-order valence-electron chi connectivity index (χ0n) is 12.4. The molecule has 1 N–H and O–H groups in total. The first-order valence-corrected chi connectivity index (χ1v) is 8.21. The number of hydrogen-bond donors (Lipinski definition) is 1. The molecular formula is C14H27N3OS. The third-order valence-corrected chi connectivity index (χ3v) is 3.79. The molecule has 1 aromatic heterocycles. The highest BCUT2D eigenvalue weighted by Gasteiger charge is 2.09. The molecule has 0 fully saturated rings. The lowest BCUT2D eigenvalue weighted by atomic mass is 10.1. The number of anilines is 1. The summed E-state index contributed by atoms with van der Waals surface area (Å²) >= 11 is 1.41. The SMILES string of the molecule is CCCCCCC(C)OCc1nnsc1NCCC. The minimum Gasteiger partial charge on any atom is -0.374 e. The molecule has 4 nitrogen and oxygen atoms in total. The summed E-state index contributed by atoms with van der Waals surface area (Å²) in [4.78, 5) is 0. The van der Waals surface area contributed by atoms with Gasteiger partial charge in [-0.1, -0.05) is 44.0 Å². The molecule has 0 aliphatic heterocycles. The molecule has 0 amide bonds. The van der Waals surface area contributed by atoms with Crippen LogP contribution in [0.2, 0.25) is 0 Å². The molecule has 0 aromatic carbocycles. The molecule has 19 heavy (non-hydrogen) atoms. The van der Waals surface area contributed by atoms with Crippen LogP contribution in [0.25, 0.3) is 0 Å². The smallest absolute Gasteiger partial charge is 0.135 e. The molecule has 0 saturated carbocycles. The Bertz CT molecular complexity index is 330. The highest BCUT2D eigenvalue weighted by atomic mass is 32.1. The summed E-state index contributed by atoms with van der Waals surface area (Å²) in [5, 5.41) is 8.53. The van der Waals surface area contributed by atoms with Crippen molar-refractivity contribution in [2.45, 2.75) is 72.0 Å². The van der Waals surface area contributed by atoms with Crippen LogP contribution in [0.1, 0.15) is 65.0 Å². The van der Waals surface area contributed by atoms with E-state index in [4.69, 9.17) is 4.74 Å². The van der Waals surface area contributed by atoms with Crippen molar-refractivity contribution >= 4 is 16.5 Å². The van der Waals surface area contributed by atoms with Crippen LogP contribution in [0.15, 0.2) is 0 Å². The zero-order valence-corrected chi connectivity index (χ0v) is 13.3. The van der Waals surface area contributed by atoms with Gasteiger partial charge >= 0.3 is 0 Å². The van der Waals surface area contributed by atoms with Crippen LogP contribution in [0.4, 0.5) is 5.00 Å². The first-order chi connectivity index (χ1) is 9.27. The van der Waals surface area contributed by atoms with E-state index < -0.39 is 0 Å². The molecule has 1 aromatic rings. The van der Waals surface area contributed by atoms with Crippen molar-refractivity contribution in [2.75, 3.05) is 11.9 Å². The summed E-state index contributed by atoms with van der Waals surface area (Å²) in [5.74, 6) is 0. The van der Waals surface area contributed by atoms with Crippen LogP contribution < -0.4 is 5.32 Å². The molecule has 110 valence electrons. The van der Waals surface area contributed by atoms with Crippen LogP contribution in [-0.2, 0) is 11.3 Å². The van der Waals surface area contributed by atoms with Gasteiger partial charge in [-0.3, -0.25) is 0 Å². The second-order valence-corrected chi connectivity index (χ2v) is 5.70. The first kappa shape index (κ1) is 16.4. The maximum Gasteiger partial charge on any atom is 0.135 e. The molecule has 0 aliphatic rings. The maximum atomic E-state index is 5.85. The van der Waals surface area contributed by atoms with Gasteiger partial charge in [-0.2, -0.15) is 0 Å². The molecule has 1 unspecified atom stereocenters. The lowest BCUT2D eigenvalue weighted by Gasteiger charge is -2.12. The average molecular weight is 285 g/mol. The number of unbranched alkanes of at least 4 members (excludes halogenated alkanes) is 3. The fraction of sp³-hybridized carbons (Fsp3) is 0.857. The van der Waals surface area contributed by atoms with Gasteiger partial charge in [0, 0.05) is 18.1 Å². The molecule has 5 heteroatoms. The van der Waals surface area contributed by atoms with Crippen LogP contribution in [0.5, 0.6) is 0 Å². The van der Waals surface area contributed by atoms with Crippen molar-refractivity contribution in [3.8, 4) is 0 Å². The number of ether oxygens (including phenoxy) is 1. The van der Waals surface area contributed by atoms with Crippen molar-refractivity contribution in [3.05, 3.63) is 5.69 Å². The number of hydrogen-bond acceptors (Lipinski definition) is 5. The maximum absolute atomic E-state index is 5.85. The Morgan fingerprint density at radius 3 is 2.79 bits per heavy atom. The van der Waals surface area contributed by atoms with Gasteiger partial charge in [0.1, 0.15) is 10.7 Å². The summed E-state index contributed by atoms with van der Waals surface area (Å²) in [5.41, 5.74) is 0.943. The number of nitrogens with one attached hydrogen (secondary N) is 1. The number of aromatic nitrogens is 2. The van der Waals surface area contributed by atoms with Crippen molar-refractivity contribution in [2.24, 2.45) is 0 Å². The van der Waals surface area contributed by atoms with E-state index in [-0.39, 0.29) is 0 Å². The van der Waals surface area contributed by atoms with Crippen LogP contribution in [0.3, 0.4) is 0 Å². The first-order valence-electron chi connectivity index (χ1n) is 7.44. The Labute approximate surface area is 121 Å². The highest BCUT2D eigenvalue weighted by Crippen LogP contribution is 2.19. The largest absolute Gasteiger partial charge is 0.374 e. The normalized spacial score (nSPS) is 12.6. The fourth-order valence-electron chi connectivity index (χ4n) is 1.84. The van der Waals surface area contributed by atoms with E-state index in [0.717, 1.165) is 30.1 Å². The molecular weight excluding hydrogens is 258 g/mol. The van der Waals surface area contributed by atoms with Crippen LogP contribution >= 0.6 is 11.5 Å². The van der Waals surface area contributed by atoms with E-state index in [2.05, 4.69) is 35.7 Å².